The molecule has 144 valence electrons. The Bertz CT molecular complexity index is 1030. The number of carbonyl (C=O) groups is 1. The molecule has 4 rings (SSSR count). The van der Waals surface area contributed by atoms with E-state index in [1.165, 1.54) is 19.3 Å². The number of amides is 1. The molecular weight excluding hydrogens is 350 g/mol. The molecule has 1 aliphatic rings. The van der Waals surface area contributed by atoms with Crippen LogP contribution in [0, 0.1) is 6.92 Å². The van der Waals surface area contributed by atoms with E-state index in [0.717, 1.165) is 29.5 Å². The quantitative estimate of drug-likeness (QED) is 0.648. The lowest BCUT2D eigenvalue weighted by Crippen LogP contribution is -2.38. The van der Waals surface area contributed by atoms with Crippen molar-refractivity contribution in [3.8, 4) is 0 Å². The van der Waals surface area contributed by atoms with Crippen molar-refractivity contribution >= 4 is 22.6 Å². The van der Waals surface area contributed by atoms with Gasteiger partial charge in [0.1, 0.15) is 11.1 Å². The molecule has 1 fully saturated rings. The largest absolute Gasteiger partial charge is 0.436 e. The van der Waals surface area contributed by atoms with Crippen LogP contribution in [-0.4, -0.2) is 11.9 Å². The van der Waals surface area contributed by atoms with Gasteiger partial charge in [-0.25, -0.2) is 0 Å². The maximum absolute atomic E-state index is 13.0. The van der Waals surface area contributed by atoms with Crippen molar-refractivity contribution < 1.29 is 9.21 Å². The molecule has 0 saturated heterocycles. The molecule has 1 heterocycles. The maximum Gasteiger partial charge on any atom is 0.257 e. The molecule has 0 atom stereocenters. The van der Waals surface area contributed by atoms with E-state index in [1.54, 1.807) is 0 Å². The predicted molar refractivity (Wildman–Crippen MR) is 111 cm³/mol. The topological polar surface area (TPSA) is 66.6 Å². The van der Waals surface area contributed by atoms with Crippen molar-refractivity contribution in [2.24, 2.45) is 5.10 Å². The fraction of sp³-hybridized carbons (Fsp3) is 0.304. The van der Waals surface area contributed by atoms with Gasteiger partial charge in [0.05, 0.1) is 5.69 Å². The number of nitrogens with one attached hydrogen (secondary N) is 2. The second-order valence-electron chi connectivity index (χ2n) is 7.40. The Kier molecular flexibility index (Phi) is 5.42. The zero-order chi connectivity index (χ0) is 19.3. The van der Waals surface area contributed by atoms with Gasteiger partial charge in [0, 0.05) is 11.4 Å². The number of nitrogens with zero attached hydrogens (tertiary/aromatic N) is 1. The Morgan fingerprint density at radius 1 is 1.04 bits per heavy atom. The molecule has 0 bridgehead atoms. The highest BCUT2D eigenvalue weighted by atomic mass is 16.3. The highest BCUT2D eigenvalue weighted by Gasteiger charge is 2.19. The Labute approximate surface area is 164 Å². The van der Waals surface area contributed by atoms with E-state index in [2.05, 4.69) is 15.8 Å². The Hall–Kier alpha value is -3.08. The van der Waals surface area contributed by atoms with Crippen molar-refractivity contribution in [1.82, 2.24) is 5.32 Å². The monoisotopic (exact) mass is 375 g/mol. The SMILES string of the molecule is Cc1ccc2oc(=NNc3ccccc3)c(C(=O)NC3CCCCC3)cc2c1. The van der Waals surface area contributed by atoms with Gasteiger partial charge < -0.3 is 9.73 Å². The molecular formula is C23H25N3O2. The molecule has 1 aromatic heterocycles. The van der Waals surface area contributed by atoms with Crippen molar-refractivity contribution in [1.29, 1.82) is 0 Å². The first kappa shape index (κ1) is 18.3. The molecule has 0 radical (unpaired) electrons. The summed E-state index contributed by atoms with van der Waals surface area (Å²) in [4.78, 5) is 13.0. The van der Waals surface area contributed by atoms with Gasteiger partial charge >= 0.3 is 0 Å². The first-order valence-corrected chi connectivity index (χ1v) is 9.89. The van der Waals surface area contributed by atoms with E-state index >= 15 is 0 Å². The first-order chi connectivity index (χ1) is 13.7. The zero-order valence-corrected chi connectivity index (χ0v) is 16.1. The Morgan fingerprint density at radius 3 is 2.61 bits per heavy atom. The summed E-state index contributed by atoms with van der Waals surface area (Å²) in [5.74, 6) is -0.132. The van der Waals surface area contributed by atoms with Crippen molar-refractivity contribution in [2.45, 2.75) is 45.1 Å². The standard InChI is InChI=1S/C23H25N3O2/c1-16-12-13-21-17(14-16)15-20(22(27)24-18-8-4-2-5-9-18)23(28-21)26-25-19-10-6-3-7-11-19/h3,6-7,10-15,18,25H,2,4-5,8-9H2,1H3,(H,24,27). The number of aryl methyl sites for hydroxylation is 1. The summed E-state index contributed by atoms with van der Waals surface area (Å²) in [6.45, 7) is 2.02. The minimum absolute atomic E-state index is 0.132. The van der Waals surface area contributed by atoms with Gasteiger partial charge in [-0.2, -0.15) is 0 Å². The van der Waals surface area contributed by atoms with Crippen LogP contribution < -0.4 is 16.3 Å². The summed E-state index contributed by atoms with van der Waals surface area (Å²) in [6, 6.07) is 17.6. The molecule has 0 unspecified atom stereocenters. The van der Waals surface area contributed by atoms with Gasteiger partial charge in [0.2, 0.25) is 5.55 Å². The fourth-order valence-electron chi connectivity index (χ4n) is 3.63. The normalized spacial score (nSPS) is 15.5. The number of hydrogen-bond acceptors (Lipinski definition) is 4. The van der Waals surface area contributed by atoms with Gasteiger partial charge in [0.15, 0.2) is 0 Å². The summed E-state index contributed by atoms with van der Waals surface area (Å²) in [5.41, 5.74) is 6.38. The number of para-hydroxylation sites is 1. The third kappa shape index (κ3) is 4.25. The average molecular weight is 375 g/mol. The smallest absolute Gasteiger partial charge is 0.257 e. The zero-order valence-electron chi connectivity index (χ0n) is 16.1. The van der Waals surface area contributed by atoms with E-state index in [4.69, 9.17) is 4.42 Å². The van der Waals surface area contributed by atoms with Crippen molar-refractivity contribution in [2.75, 3.05) is 5.43 Å². The Morgan fingerprint density at radius 2 is 1.82 bits per heavy atom. The highest BCUT2D eigenvalue weighted by Crippen LogP contribution is 2.19. The molecule has 0 spiro atoms. The van der Waals surface area contributed by atoms with Crippen LogP contribution in [-0.2, 0) is 0 Å². The van der Waals surface area contributed by atoms with Crippen LogP contribution in [0.3, 0.4) is 0 Å². The molecule has 5 heteroatoms. The molecule has 2 N–H and O–H groups in total. The third-order valence-corrected chi connectivity index (χ3v) is 5.15. The molecule has 28 heavy (non-hydrogen) atoms. The number of hydrogen-bond donors (Lipinski definition) is 2. The van der Waals surface area contributed by atoms with Crippen LogP contribution in [0.1, 0.15) is 48.0 Å². The van der Waals surface area contributed by atoms with E-state index in [-0.39, 0.29) is 17.5 Å². The predicted octanol–water partition coefficient (Wildman–Crippen LogP) is 4.73. The van der Waals surface area contributed by atoms with Gasteiger partial charge in [0.25, 0.3) is 5.91 Å². The molecule has 3 aromatic rings. The number of anilines is 1. The number of benzene rings is 2. The minimum Gasteiger partial charge on any atom is -0.436 e. The van der Waals surface area contributed by atoms with E-state index < -0.39 is 0 Å². The maximum atomic E-state index is 13.0. The van der Waals surface area contributed by atoms with Crippen molar-refractivity contribution in [3.63, 3.8) is 0 Å². The summed E-state index contributed by atoms with van der Waals surface area (Å²) in [7, 11) is 0. The van der Waals surface area contributed by atoms with Gasteiger partial charge in [-0.1, -0.05) is 49.1 Å². The number of carbonyl (C=O) groups excluding carboxylic acids is 1. The summed E-state index contributed by atoms with van der Waals surface area (Å²) < 4.78 is 5.99. The molecule has 1 saturated carbocycles. The third-order valence-electron chi connectivity index (χ3n) is 5.15. The molecule has 2 aromatic carbocycles. The van der Waals surface area contributed by atoms with Crippen LogP contribution in [0.15, 0.2) is 64.1 Å². The van der Waals surface area contributed by atoms with Gasteiger partial charge in [-0.3, -0.25) is 10.2 Å². The van der Waals surface area contributed by atoms with Crippen LogP contribution >= 0.6 is 0 Å². The number of rotatable bonds is 4. The fourth-order valence-corrected chi connectivity index (χ4v) is 3.63. The lowest BCUT2D eigenvalue weighted by Gasteiger charge is -2.22. The Balaban J connectivity index is 1.71. The average Bonchev–Trinajstić information content (AvgIpc) is 2.73. The second kappa shape index (κ2) is 8.30. The highest BCUT2D eigenvalue weighted by molar-refractivity contribution is 5.96. The molecule has 5 nitrogen and oxygen atoms in total. The summed E-state index contributed by atoms with van der Waals surface area (Å²) >= 11 is 0. The lowest BCUT2D eigenvalue weighted by atomic mass is 9.95. The summed E-state index contributed by atoms with van der Waals surface area (Å²) in [6.07, 6.45) is 5.64. The van der Waals surface area contributed by atoms with Crippen molar-refractivity contribution in [3.05, 3.63) is 71.3 Å². The molecule has 1 amide bonds. The number of fused-ring (bicyclic) bond motifs is 1. The minimum atomic E-state index is -0.132. The van der Waals surface area contributed by atoms with Crippen LogP contribution in [0.25, 0.3) is 11.0 Å². The van der Waals surface area contributed by atoms with Crippen LogP contribution in [0.4, 0.5) is 5.69 Å². The van der Waals surface area contributed by atoms with Crippen LogP contribution in [0.2, 0.25) is 0 Å². The van der Waals surface area contributed by atoms with Crippen LogP contribution in [0.5, 0.6) is 0 Å². The molecule has 1 aliphatic carbocycles. The first-order valence-electron chi connectivity index (χ1n) is 9.89. The summed E-state index contributed by atoms with van der Waals surface area (Å²) in [5, 5.41) is 8.45. The molecule has 0 aliphatic heterocycles. The second-order valence-corrected chi connectivity index (χ2v) is 7.40. The van der Waals surface area contributed by atoms with E-state index in [0.29, 0.717) is 11.1 Å². The van der Waals surface area contributed by atoms with Gasteiger partial charge in [-0.05, 0) is 50.1 Å². The van der Waals surface area contributed by atoms with E-state index in [1.807, 2.05) is 61.5 Å². The van der Waals surface area contributed by atoms with E-state index in [9.17, 15) is 4.79 Å². The lowest BCUT2D eigenvalue weighted by molar-refractivity contribution is 0.0923. The van der Waals surface area contributed by atoms with Gasteiger partial charge in [-0.15, -0.1) is 5.10 Å².